The third-order valence-electron chi connectivity index (χ3n) is 3.99. The second-order valence-corrected chi connectivity index (χ2v) is 5.70. The summed E-state index contributed by atoms with van der Waals surface area (Å²) in [6.45, 7) is 1.76. The van der Waals surface area contributed by atoms with Gasteiger partial charge >= 0.3 is 5.97 Å². The minimum atomic E-state index is -1.000. The Morgan fingerprint density at radius 3 is 2.91 bits per heavy atom. The van der Waals surface area contributed by atoms with Gasteiger partial charge in [-0.3, -0.25) is 9.58 Å². The zero-order chi connectivity index (χ0) is 16.4. The van der Waals surface area contributed by atoms with E-state index in [2.05, 4.69) is 10.00 Å². The first-order valence-corrected chi connectivity index (χ1v) is 7.40. The fourth-order valence-electron chi connectivity index (χ4n) is 2.74. The molecule has 7 nitrogen and oxygen atoms in total. The SMILES string of the molecule is Cn1nccc1CN1C[C@@H](O)[C@H](Oc2cccc(C(=O)O)c2)C1. The van der Waals surface area contributed by atoms with Crippen LogP contribution in [-0.4, -0.2) is 56.2 Å². The third-order valence-corrected chi connectivity index (χ3v) is 3.99. The lowest BCUT2D eigenvalue weighted by molar-refractivity contribution is 0.0688. The Balaban J connectivity index is 1.64. The van der Waals surface area contributed by atoms with Crippen LogP contribution in [0.25, 0.3) is 0 Å². The number of hydrogen-bond donors (Lipinski definition) is 2. The van der Waals surface area contributed by atoms with Crippen LogP contribution in [0.2, 0.25) is 0 Å². The number of aliphatic hydroxyl groups excluding tert-OH is 1. The number of ether oxygens (including phenoxy) is 1. The van der Waals surface area contributed by atoms with Gasteiger partial charge in [-0.25, -0.2) is 4.79 Å². The molecule has 7 heteroatoms. The average Bonchev–Trinajstić information content (AvgIpc) is 3.06. The maximum Gasteiger partial charge on any atom is 0.335 e. The van der Waals surface area contributed by atoms with Gasteiger partial charge in [0.1, 0.15) is 18.0 Å². The Morgan fingerprint density at radius 2 is 2.22 bits per heavy atom. The van der Waals surface area contributed by atoms with E-state index in [1.807, 2.05) is 13.1 Å². The number of benzene rings is 1. The summed E-state index contributed by atoms with van der Waals surface area (Å²) >= 11 is 0. The summed E-state index contributed by atoms with van der Waals surface area (Å²) in [4.78, 5) is 13.1. The highest BCUT2D eigenvalue weighted by Gasteiger charge is 2.33. The number of β-amino-alcohol motifs (C(OH)–C–C–N with tert-alkyl or cyclic N) is 1. The molecule has 23 heavy (non-hydrogen) atoms. The molecule has 0 amide bonds. The number of likely N-dealkylation sites (tertiary alicyclic amines) is 1. The van der Waals surface area contributed by atoms with E-state index in [0.29, 0.717) is 25.4 Å². The van der Waals surface area contributed by atoms with Gasteiger partial charge in [0.05, 0.1) is 11.3 Å². The monoisotopic (exact) mass is 317 g/mol. The largest absolute Gasteiger partial charge is 0.486 e. The quantitative estimate of drug-likeness (QED) is 0.846. The highest BCUT2D eigenvalue weighted by Crippen LogP contribution is 2.21. The summed E-state index contributed by atoms with van der Waals surface area (Å²) in [5.41, 5.74) is 1.23. The third kappa shape index (κ3) is 3.52. The minimum Gasteiger partial charge on any atom is -0.486 e. The minimum absolute atomic E-state index is 0.168. The van der Waals surface area contributed by atoms with E-state index in [0.717, 1.165) is 5.69 Å². The number of aromatic carboxylic acids is 1. The number of rotatable bonds is 5. The number of aryl methyl sites for hydroxylation is 1. The molecule has 1 aliphatic heterocycles. The first kappa shape index (κ1) is 15.5. The summed E-state index contributed by atoms with van der Waals surface area (Å²) in [6.07, 6.45) is 0.747. The van der Waals surface area contributed by atoms with Crippen molar-refractivity contribution in [2.24, 2.45) is 7.05 Å². The van der Waals surface area contributed by atoms with Crippen molar-refractivity contribution in [1.29, 1.82) is 0 Å². The van der Waals surface area contributed by atoms with Crippen molar-refractivity contribution in [1.82, 2.24) is 14.7 Å². The van der Waals surface area contributed by atoms with Gasteiger partial charge in [-0.15, -0.1) is 0 Å². The maximum absolute atomic E-state index is 11.0. The molecular formula is C16H19N3O4. The Hall–Kier alpha value is -2.38. The zero-order valence-electron chi connectivity index (χ0n) is 12.8. The van der Waals surface area contributed by atoms with Gasteiger partial charge in [0.25, 0.3) is 0 Å². The van der Waals surface area contributed by atoms with E-state index in [4.69, 9.17) is 9.84 Å². The average molecular weight is 317 g/mol. The molecule has 122 valence electrons. The fraction of sp³-hybridized carbons (Fsp3) is 0.375. The van der Waals surface area contributed by atoms with Gasteiger partial charge in [-0.05, 0) is 24.3 Å². The summed E-state index contributed by atoms with van der Waals surface area (Å²) in [7, 11) is 1.88. The van der Waals surface area contributed by atoms with Crippen LogP contribution in [0, 0.1) is 0 Å². The molecule has 1 fully saturated rings. The molecule has 0 radical (unpaired) electrons. The molecule has 0 bridgehead atoms. The van der Waals surface area contributed by atoms with Crippen LogP contribution in [0.1, 0.15) is 16.1 Å². The van der Waals surface area contributed by atoms with Gasteiger partial charge in [-0.1, -0.05) is 6.07 Å². The number of aromatic nitrogens is 2. The van der Waals surface area contributed by atoms with E-state index < -0.39 is 12.1 Å². The predicted octanol–water partition coefficient (Wildman–Crippen LogP) is 0.742. The van der Waals surface area contributed by atoms with Crippen LogP contribution < -0.4 is 4.74 Å². The highest BCUT2D eigenvalue weighted by molar-refractivity contribution is 5.88. The molecule has 2 N–H and O–H groups in total. The summed E-state index contributed by atoms with van der Waals surface area (Å²) in [5, 5.41) is 23.3. The molecule has 0 unspecified atom stereocenters. The van der Waals surface area contributed by atoms with Crippen molar-refractivity contribution in [2.45, 2.75) is 18.8 Å². The first-order valence-electron chi connectivity index (χ1n) is 7.40. The van der Waals surface area contributed by atoms with Gasteiger partial charge in [0.2, 0.25) is 0 Å². The normalized spacial score (nSPS) is 21.5. The van der Waals surface area contributed by atoms with Gasteiger partial charge < -0.3 is 14.9 Å². The van der Waals surface area contributed by atoms with Crippen molar-refractivity contribution in [3.05, 3.63) is 47.8 Å². The van der Waals surface area contributed by atoms with Crippen LogP contribution in [0.5, 0.6) is 5.75 Å². The fourth-order valence-corrected chi connectivity index (χ4v) is 2.74. The molecule has 1 aromatic heterocycles. The van der Waals surface area contributed by atoms with Crippen molar-refractivity contribution in [3.63, 3.8) is 0 Å². The van der Waals surface area contributed by atoms with Crippen LogP contribution in [-0.2, 0) is 13.6 Å². The van der Waals surface area contributed by atoms with E-state index in [-0.39, 0.29) is 11.7 Å². The lowest BCUT2D eigenvalue weighted by Gasteiger charge is -2.17. The molecule has 1 saturated heterocycles. The van der Waals surface area contributed by atoms with Gasteiger partial charge in [0, 0.05) is 32.9 Å². The second kappa shape index (κ2) is 6.39. The van der Waals surface area contributed by atoms with Gasteiger partial charge in [-0.2, -0.15) is 5.10 Å². The lowest BCUT2D eigenvalue weighted by atomic mass is 10.2. The Kier molecular flexibility index (Phi) is 4.31. The molecule has 0 spiro atoms. The molecule has 1 aromatic carbocycles. The summed E-state index contributed by atoms with van der Waals surface area (Å²) in [5.74, 6) is -0.545. The van der Waals surface area contributed by atoms with Crippen LogP contribution in [0.15, 0.2) is 36.5 Å². The predicted molar refractivity (Wildman–Crippen MR) is 82.3 cm³/mol. The second-order valence-electron chi connectivity index (χ2n) is 5.70. The lowest BCUT2D eigenvalue weighted by Crippen LogP contribution is -2.30. The molecular weight excluding hydrogens is 298 g/mol. The van der Waals surface area contributed by atoms with Crippen molar-refractivity contribution in [3.8, 4) is 5.75 Å². The van der Waals surface area contributed by atoms with E-state index in [1.165, 1.54) is 12.1 Å². The Bertz CT molecular complexity index is 700. The number of carboxylic acids is 1. The van der Waals surface area contributed by atoms with E-state index in [1.54, 1.807) is 23.0 Å². The molecule has 2 aromatic rings. The van der Waals surface area contributed by atoms with Crippen LogP contribution >= 0.6 is 0 Å². The maximum atomic E-state index is 11.0. The molecule has 2 heterocycles. The standard InChI is InChI=1S/C16H19N3O4/c1-18-12(5-6-17-18)8-19-9-14(20)15(10-19)23-13-4-2-3-11(7-13)16(21)22/h2-7,14-15,20H,8-10H2,1H3,(H,21,22)/t14-,15-/m1/s1. The number of hydrogen-bond acceptors (Lipinski definition) is 5. The Labute approximate surface area is 133 Å². The summed E-state index contributed by atoms with van der Waals surface area (Å²) in [6, 6.07) is 8.25. The van der Waals surface area contributed by atoms with Crippen LogP contribution in [0.3, 0.4) is 0 Å². The molecule has 0 aliphatic carbocycles. The molecule has 0 saturated carbocycles. The van der Waals surface area contributed by atoms with Crippen molar-refractivity contribution < 1.29 is 19.7 Å². The number of carbonyl (C=O) groups is 1. The molecule has 2 atom stereocenters. The molecule has 3 rings (SSSR count). The van der Waals surface area contributed by atoms with E-state index in [9.17, 15) is 9.90 Å². The molecule has 1 aliphatic rings. The van der Waals surface area contributed by atoms with E-state index >= 15 is 0 Å². The number of nitrogens with zero attached hydrogens (tertiary/aromatic N) is 3. The Morgan fingerprint density at radius 1 is 1.39 bits per heavy atom. The number of carboxylic acid groups (broad SMARTS) is 1. The smallest absolute Gasteiger partial charge is 0.335 e. The van der Waals surface area contributed by atoms with Crippen LogP contribution in [0.4, 0.5) is 0 Å². The topological polar surface area (TPSA) is 87.8 Å². The van der Waals surface area contributed by atoms with Gasteiger partial charge in [0.15, 0.2) is 0 Å². The summed E-state index contributed by atoms with van der Waals surface area (Å²) < 4.78 is 7.58. The first-order chi connectivity index (χ1) is 11.0. The van der Waals surface area contributed by atoms with Crippen molar-refractivity contribution in [2.75, 3.05) is 13.1 Å². The number of aliphatic hydroxyl groups is 1. The zero-order valence-corrected chi connectivity index (χ0v) is 12.8. The highest BCUT2D eigenvalue weighted by atomic mass is 16.5. The van der Waals surface area contributed by atoms with Crippen molar-refractivity contribution >= 4 is 5.97 Å².